The maximum Gasteiger partial charge on any atom is 0.123 e. The quantitative estimate of drug-likeness (QED) is 0.638. The molecular formula is C23H28O2. The molecule has 2 nitrogen and oxygen atoms in total. The highest BCUT2D eigenvalue weighted by molar-refractivity contribution is 5.80. The summed E-state index contributed by atoms with van der Waals surface area (Å²) < 4.78 is 11.3. The number of fused-ring (bicyclic) bond motifs is 1. The van der Waals surface area contributed by atoms with Gasteiger partial charge in [0.05, 0.1) is 13.2 Å². The van der Waals surface area contributed by atoms with Crippen molar-refractivity contribution in [3.63, 3.8) is 0 Å². The molecule has 0 atom stereocenters. The van der Waals surface area contributed by atoms with E-state index in [2.05, 4.69) is 69.3 Å². The molecule has 0 radical (unpaired) electrons. The van der Waals surface area contributed by atoms with Crippen molar-refractivity contribution in [2.24, 2.45) is 0 Å². The lowest BCUT2D eigenvalue weighted by atomic mass is 9.79. The molecule has 2 aromatic rings. The Labute approximate surface area is 151 Å². The van der Waals surface area contributed by atoms with Crippen LogP contribution >= 0.6 is 0 Å². The zero-order valence-corrected chi connectivity index (χ0v) is 15.8. The molecule has 0 unspecified atom stereocenters. The summed E-state index contributed by atoms with van der Waals surface area (Å²) in [6.07, 6.45) is 3.30. The van der Waals surface area contributed by atoms with Crippen LogP contribution in [-0.2, 0) is 16.8 Å². The van der Waals surface area contributed by atoms with Crippen LogP contribution in [0.4, 0.5) is 0 Å². The minimum absolute atomic E-state index is 0.171. The highest BCUT2D eigenvalue weighted by Gasteiger charge is 2.28. The molecule has 0 bridgehead atoms. The molecule has 0 saturated heterocycles. The summed E-state index contributed by atoms with van der Waals surface area (Å²) in [6, 6.07) is 15.2. The second kappa shape index (κ2) is 7.45. The van der Waals surface area contributed by atoms with E-state index >= 15 is 0 Å². The van der Waals surface area contributed by atoms with Crippen LogP contribution in [0.3, 0.4) is 0 Å². The third-order valence-electron chi connectivity index (χ3n) is 4.98. The number of rotatable bonds is 5. The number of allylic oxidation sites excluding steroid dienone is 1. The van der Waals surface area contributed by atoms with E-state index in [9.17, 15) is 0 Å². The van der Waals surface area contributed by atoms with E-state index in [1.807, 2.05) is 6.92 Å². The molecule has 2 aromatic carbocycles. The fourth-order valence-corrected chi connectivity index (χ4v) is 3.24. The zero-order valence-electron chi connectivity index (χ0n) is 15.8. The van der Waals surface area contributed by atoms with E-state index in [0.717, 1.165) is 25.4 Å². The van der Waals surface area contributed by atoms with Crippen molar-refractivity contribution in [2.75, 3.05) is 13.2 Å². The summed E-state index contributed by atoms with van der Waals surface area (Å²) in [5.41, 5.74) is 6.44. The van der Waals surface area contributed by atoms with Gasteiger partial charge in [-0.25, -0.2) is 0 Å². The lowest BCUT2D eigenvalue weighted by Gasteiger charge is -2.32. The summed E-state index contributed by atoms with van der Waals surface area (Å²) in [4.78, 5) is 0. The normalized spacial score (nSPS) is 16.2. The maximum absolute atomic E-state index is 5.83. The summed E-state index contributed by atoms with van der Waals surface area (Å²) in [5, 5.41) is 0. The Morgan fingerprint density at radius 2 is 1.92 bits per heavy atom. The monoisotopic (exact) mass is 336 g/mol. The van der Waals surface area contributed by atoms with Crippen LogP contribution in [0.15, 0.2) is 42.5 Å². The van der Waals surface area contributed by atoms with E-state index < -0.39 is 0 Å². The highest BCUT2D eigenvalue weighted by atomic mass is 16.5. The molecule has 1 aliphatic heterocycles. The molecule has 132 valence electrons. The fraction of sp³-hybridized carbons (Fsp3) is 0.391. The van der Waals surface area contributed by atoms with E-state index in [-0.39, 0.29) is 5.41 Å². The van der Waals surface area contributed by atoms with E-state index in [1.165, 1.54) is 27.8 Å². The second-order valence-electron chi connectivity index (χ2n) is 7.40. The molecule has 25 heavy (non-hydrogen) atoms. The van der Waals surface area contributed by atoms with Crippen LogP contribution in [0.5, 0.6) is 5.75 Å². The van der Waals surface area contributed by atoms with Gasteiger partial charge in [-0.3, -0.25) is 0 Å². The third kappa shape index (κ3) is 4.13. The lowest BCUT2D eigenvalue weighted by Crippen LogP contribution is -2.26. The average Bonchev–Trinajstić information content (AvgIpc) is 2.61. The number of hydrogen-bond donors (Lipinski definition) is 0. The van der Waals surface area contributed by atoms with Crippen molar-refractivity contribution in [2.45, 2.75) is 46.1 Å². The van der Waals surface area contributed by atoms with E-state index in [1.54, 1.807) is 0 Å². The van der Waals surface area contributed by atoms with E-state index in [0.29, 0.717) is 6.61 Å². The van der Waals surface area contributed by atoms with Crippen LogP contribution in [0.2, 0.25) is 0 Å². The minimum atomic E-state index is 0.171. The minimum Gasteiger partial charge on any atom is -0.493 e. The van der Waals surface area contributed by atoms with Gasteiger partial charge in [0.15, 0.2) is 0 Å². The molecule has 0 saturated carbocycles. The highest BCUT2D eigenvalue weighted by Crippen LogP contribution is 2.39. The van der Waals surface area contributed by atoms with Gasteiger partial charge in [0.25, 0.3) is 0 Å². The van der Waals surface area contributed by atoms with Gasteiger partial charge in [0, 0.05) is 12.2 Å². The predicted octanol–water partition coefficient (Wildman–Crippen LogP) is 5.84. The molecule has 3 rings (SSSR count). The van der Waals surface area contributed by atoms with Gasteiger partial charge in [0.1, 0.15) is 5.75 Å². The number of hydrogen-bond acceptors (Lipinski definition) is 2. The zero-order chi connectivity index (χ0) is 17.9. The van der Waals surface area contributed by atoms with Gasteiger partial charge in [-0.2, -0.15) is 0 Å². The SMILES string of the molecule is CCOCc1ccc(/C=C(\C)c2ccc3c(c2)C(C)(C)CCO3)cc1. The van der Waals surface area contributed by atoms with Crippen LogP contribution in [0.1, 0.15) is 56.4 Å². The van der Waals surface area contributed by atoms with Crippen molar-refractivity contribution in [3.05, 3.63) is 64.7 Å². The Morgan fingerprint density at radius 1 is 1.16 bits per heavy atom. The Bertz CT molecular complexity index is 754. The van der Waals surface area contributed by atoms with Gasteiger partial charge < -0.3 is 9.47 Å². The first-order valence-electron chi connectivity index (χ1n) is 9.12. The summed E-state index contributed by atoms with van der Waals surface area (Å²) in [7, 11) is 0. The fourth-order valence-electron chi connectivity index (χ4n) is 3.24. The first kappa shape index (κ1) is 17.8. The molecular weight excluding hydrogens is 308 g/mol. The Hall–Kier alpha value is -2.06. The van der Waals surface area contributed by atoms with Crippen LogP contribution in [-0.4, -0.2) is 13.2 Å². The Kier molecular flexibility index (Phi) is 5.29. The van der Waals surface area contributed by atoms with Crippen LogP contribution in [0, 0.1) is 0 Å². The molecule has 1 aliphatic rings. The molecule has 0 fully saturated rings. The molecule has 1 heterocycles. The molecule has 0 aliphatic carbocycles. The second-order valence-corrected chi connectivity index (χ2v) is 7.40. The van der Waals surface area contributed by atoms with Crippen molar-refractivity contribution in [1.29, 1.82) is 0 Å². The summed E-state index contributed by atoms with van der Waals surface area (Å²) in [5.74, 6) is 1.04. The van der Waals surface area contributed by atoms with Gasteiger partial charge in [-0.1, -0.05) is 50.3 Å². The summed E-state index contributed by atoms with van der Waals surface area (Å²) in [6.45, 7) is 11.0. The molecule has 0 amide bonds. The molecule has 0 aromatic heterocycles. The standard InChI is InChI=1S/C23H28O2/c1-5-24-16-19-8-6-18(7-9-19)14-17(2)20-10-11-22-21(15-20)23(3,4)12-13-25-22/h6-11,14-15H,5,12-13,16H2,1-4H3/b17-14+. The van der Waals surface area contributed by atoms with Gasteiger partial charge >= 0.3 is 0 Å². The van der Waals surface area contributed by atoms with Gasteiger partial charge in [0.2, 0.25) is 0 Å². The lowest BCUT2D eigenvalue weighted by molar-refractivity contribution is 0.134. The number of ether oxygens (including phenoxy) is 2. The predicted molar refractivity (Wildman–Crippen MR) is 105 cm³/mol. The molecule has 0 spiro atoms. The van der Waals surface area contributed by atoms with Crippen molar-refractivity contribution in [3.8, 4) is 5.75 Å². The van der Waals surface area contributed by atoms with Crippen molar-refractivity contribution in [1.82, 2.24) is 0 Å². The topological polar surface area (TPSA) is 18.5 Å². The summed E-state index contributed by atoms with van der Waals surface area (Å²) >= 11 is 0. The first-order chi connectivity index (χ1) is 12.0. The molecule has 0 N–H and O–H groups in total. The molecule has 2 heteroatoms. The van der Waals surface area contributed by atoms with E-state index in [4.69, 9.17) is 9.47 Å². The Balaban J connectivity index is 1.83. The van der Waals surface area contributed by atoms with Crippen molar-refractivity contribution < 1.29 is 9.47 Å². The third-order valence-corrected chi connectivity index (χ3v) is 4.98. The first-order valence-corrected chi connectivity index (χ1v) is 9.12. The van der Waals surface area contributed by atoms with Crippen LogP contribution in [0.25, 0.3) is 11.6 Å². The average molecular weight is 336 g/mol. The smallest absolute Gasteiger partial charge is 0.123 e. The van der Waals surface area contributed by atoms with Crippen molar-refractivity contribution >= 4 is 11.6 Å². The maximum atomic E-state index is 5.83. The number of benzene rings is 2. The van der Waals surface area contributed by atoms with Gasteiger partial charge in [-0.15, -0.1) is 0 Å². The van der Waals surface area contributed by atoms with Crippen LogP contribution < -0.4 is 4.74 Å². The van der Waals surface area contributed by atoms with Gasteiger partial charge in [-0.05, 0) is 60.1 Å². The Morgan fingerprint density at radius 3 is 2.64 bits per heavy atom. The largest absolute Gasteiger partial charge is 0.493 e.